The fourth-order valence-corrected chi connectivity index (χ4v) is 1.79. The van der Waals surface area contributed by atoms with Gasteiger partial charge in [-0.05, 0) is 12.0 Å². The second-order valence-corrected chi connectivity index (χ2v) is 3.60. The van der Waals surface area contributed by atoms with Crippen LogP contribution in [0.2, 0.25) is 0 Å². The minimum Gasteiger partial charge on any atom is -0.481 e. The number of hydrogen-bond donors (Lipinski definition) is 2. The lowest BCUT2D eigenvalue weighted by Crippen LogP contribution is -2.25. The maximum absolute atomic E-state index is 11.3. The zero-order valence-corrected chi connectivity index (χ0v) is 8.01. The maximum Gasteiger partial charge on any atom is 0.316 e. The van der Waals surface area contributed by atoms with Crippen LogP contribution in [-0.2, 0) is 9.59 Å². The third-order valence-corrected chi connectivity index (χ3v) is 2.60. The number of rotatable bonds is 2. The molecule has 0 radical (unpaired) electrons. The number of carbonyl (C=O) groups excluding carboxylic acids is 1. The Morgan fingerprint density at radius 2 is 2.00 bits per heavy atom. The normalized spacial score (nSPS) is 24.9. The van der Waals surface area contributed by atoms with Gasteiger partial charge in [0.2, 0.25) is 5.91 Å². The summed E-state index contributed by atoms with van der Waals surface area (Å²) in [6.45, 7) is 0. The molecule has 15 heavy (non-hydrogen) atoms. The van der Waals surface area contributed by atoms with Crippen molar-refractivity contribution in [3.8, 4) is 0 Å². The molecule has 0 saturated carbocycles. The first kappa shape index (κ1) is 9.71. The van der Waals surface area contributed by atoms with Crippen LogP contribution in [0.15, 0.2) is 30.3 Å². The predicted octanol–water partition coefficient (Wildman–Crippen LogP) is 0.948. The third kappa shape index (κ3) is 1.83. The van der Waals surface area contributed by atoms with Crippen molar-refractivity contribution in [1.29, 1.82) is 0 Å². The van der Waals surface area contributed by atoms with Crippen molar-refractivity contribution < 1.29 is 14.7 Å². The Morgan fingerprint density at radius 1 is 1.33 bits per heavy atom. The number of amides is 1. The molecule has 0 bridgehead atoms. The van der Waals surface area contributed by atoms with Crippen LogP contribution in [0.4, 0.5) is 0 Å². The number of carboxylic acid groups (broad SMARTS) is 1. The van der Waals surface area contributed by atoms with E-state index in [-0.39, 0.29) is 6.04 Å². The zero-order valence-electron chi connectivity index (χ0n) is 8.01. The molecular weight excluding hydrogens is 194 g/mol. The van der Waals surface area contributed by atoms with E-state index in [1.807, 2.05) is 30.3 Å². The van der Waals surface area contributed by atoms with E-state index in [2.05, 4.69) is 5.32 Å². The highest BCUT2D eigenvalue weighted by molar-refractivity contribution is 5.98. The van der Waals surface area contributed by atoms with Gasteiger partial charge in [-0.25, -0.2) is 0 Å². The fourth-order valence-electron chi connectivity index (χ4n) is 1.79. The Balaban J connectivity index is 2.16. The zero-order chi connectivity index (χ0) is 10.8. The van der Waals surface area contributed by atoms with Crippen LogP contribution in [0.3, 0.4) is 0 Å². The quantitative estimate of drug-likeness (QED) is 0.706. The van der Waals surface area contributed by atoms with Crippen molar-refractivity contribution in [3.05, 3.63) is 35.9 Å². The minimum absolute atomic E-state index is 0.167. The maximum atomic E-state index is 11.3. The molecule has 1 aromatic rings. The van der Waals surface area contributed by atoms with E-state index in [0.717, 1.165) is 5.56 Å². The van der Waals surface area contributed by atoms with E-state index >= 15 is 0 Å². The molecule has 2 rings (SSSR count). The lowest BCUT2D eigenvalue weighted by Gasteiger charge is -2.08. The van der Waals surface area contributed by atoms with Gasteiger partial charge in [-0.1, -0.05) is 30.3 Å². The van der Waals surface area contributed by atoms with Crippen LogP contribution in [0.25, 0.3) is 0 Å². The standard InChI is InChI=1S/C11H11NO3/c13-10-8(11(14)15)6-9(12-10)7-4-2-1-3-5-7/h1-5,8-9H,6H2,(H,12,13)(H,14,15). The molecule has 1 heterocycles. The van der Waals surface area contributed by atoms with Crippen molar-refractivity contribution >= 4 is 11.9 Å². The average molecular weight is 205 g/mol. The minimum atomic E-state index is -1.05. The summed E-state index contributed by atoms with van der Waals surface area (Å²) in [4.78, 5) is 22.0. The van der Waals surface area contributed by atoms with Crippen molar-refractivity contribution in [3.63, 3.8) is 0 Å². The Kier molecular flexibility index (Phi) is 2.41. The Morgan fingerprint density at radius 3 is 2.53 bits per heavy atom. The third-order valence-electron chi connectivity index (χ3n) is 2.60. The van der Waals surface area contributed by atoms with Crippen LogP contribution >= 0.6 is 0 Å². The van der Waals surface area contributed by atoms with Crippen LogP contribution in [-0.4, -0.2) is 17.0 Å². The molecule has 0 aliphatic carbocycles. The van der Waals surface area contributed by atoms with Gasteiger partial charge in [0.25, 0.3) is 0 Å². The van der Waals surface area contributed by atoms with Gasteiger partial charge >= 0.3 is 5.97 Å². The number of carboxylic acids is 1. The van der Waals surface area contributed by atoms with Gasteiger partial charge in [-0.3, -0.25) is 9.59 Å². The molecule has 1 aromatic carbocycles. The molecule has 1 aliphatic rings. The summed E-state index contributed by atoms with van der Waals surface area (Å²) in [6.07, 6.45) is 0.332. The summed E-state index contributed by atoms with van der Waals surface area (Å²) in [5, 5.41) is 11.5. The van der Waals surface area contributed by atoms with Crippen molar-refractivity contribution in [1.82, 2.24) is 5.32 Å². The highest BCUT2D eigenvalue weighted by atomic mass is 16.4. The molecule has 1 fully saturated rings. The predicted molar refractivity (Wildman–Crippen MR) is 53.1 cm³/mol. The molecule has 78 valence electrons. The van der Waals surface area contributed by atoms with Gasteiger partial charge in [0, 0.05) is 0 Å². The van der Waals surface area contributed by atoms with E-state index in [1.165, 1.54) is 0 Å². The van der Waals surface area contributed by atoms with E-state index in [0.29, 0.717) is 6.42 Å². The molecular formula is C11H11NO3. The molecule has 1 aliphatic heterocycles. The SMILES string of the molecule is O=C(O)C1CC(c2ccccc2)NC1=O. The average Bonchev–Trinajstić information content (AvgIpc) is 2.62. The fraction of sp³-hybridized carbons (Fsp3) is 0.273. The van der Waals surface area contributed by atoms with Gasteiger partial charge in [0.05, 0.1) is 6.04 Å². The number of nitrogens with one attached hydrogen (secondary N) is 1. The van der Waals surface area contributed by atoms with Crippen LogP contribution in [0, 0.1) is 5.92 Å². The van der Waals surface area contributed by atoms with E-state index in [4.69, 9.17) is 5.11 Å². The van der Waals surface area contributed by atoms with Crippen LogP contribution in [0.1, 0.15) is 18.0 Å². The monoisotopic (exact) mass is 205 g/mol. The summed E-state index contributed by atoms with van der Waals surface area (Å²) in [7, 11) is 0. The van der Waals surface area contributed by atoms with E-state index in [9.17, 15) is 9.59 Å². The number of benzene rings is 1. The highest BCUT2D eigenvalue weighted by Gasteiger charge is 2.37. The Labute approximate surface area is 86.9 Å². The van der Waals surface area contributed by atoms with Crippen LogP contribution < -0.4 is 5.32 Å². The first-order chi connectivity index (χ1) is 7.18. The molecule has 2 N–H and O–H groups in total. The smallest absolute Gasteiger partial charge is 0.316 e. The largest absolute Gasteiger partial charge is 0.481 e. The van der Waals surface area contributed by atoms with Crippen molar-refractivity contribution in [2.45, 2.75) is 12.5 Å². The van der Waals surface area contributed by atoms with Crippen LogP contribution in [0.5, 0.6) is 0 Å². The molecule has 1 amide bonds. The molecule has 1 saturated heterocycles. The first-order valence-electron chi connectivity index (χ1n) is 4.76. The van der Waals surface area contributed by atoms with E-state index < -0.39 is 17.8 Å². The lowest BCUT2D eigenvalue weighted by atomic mass is 10.0. The summed E-state index contributed by atoms with van der Waals surface area (Å²) in [6, 6.07) is 9.23. The van der Waals surface area contributed by atoms with Gasteiger partial charge in [0.15, 0.2) is 0 Å². The van der Waals surface area contributed by atoms with Crippen molar-refractivity contribution in [2.75, 3.05) is 0 Å². The molecule has 2 unspecified atom stereocenters. The lowest BCUT2D eigenvalue weighted by molar-refractivity contribution is -0.145. The molecule has 4 heteroatoms. The molecule has 0 aromatic heterocycles. The summed E-state index contributed by atoms with van der Waals surface area (Å²) >= 11 is 0. The number of carbonyl (C=O) groups is 2. The molecule has 0 spiro atoms. The van der Waals surface area contributed by atoms with E-state index in [1.54, 1.807) is 0 Å². The first-order valence-corrected chi connectivity index (χ1v) is 4.76. The van der Waals surface area contributed by atoms with Gasteiger partial charge < -0.3 is 10.4 Å². The second-order valence-electron chi connectivity index (χ2n) is 3.60. The van der Waals surface area contributed by atoms with Crippen molar-refractivity contribution in [2.24, 2.45) is 5.92 Å². The summed E-state index contributed by atoms with van der Waals surface area (Å²) in [5.74, 6) is -2.35. The topological polar surface area (TPSA) is 66.4 Å². The highest BCUT2D eigenvalue weighted by Crippen LogP contribution is 2.27. The summed E-state index contributed by atoms with van der Waals surface area (Å²) < 4.78 is 0. The summed E-state index contributed by atoms with van der Waals surface area (Å²) in [5.41, 5.74) is 0.953. The number of hydrogen-bond acceptors (Lipinski definition) is 2. The Hall–Kier alpha value is -1.84. The van der Waals surface area contributed by atoms with Gasteiger partial charge in [0.1, 0.15) is 5.92 Å². The Bertz CT molecular complexity index is 388. The second kappa shape index (κ2) is 3.73. The van der Waals surface area contributed by atoms with Gasteiger partial charge in [-0.15, -0.1) is 0 Å². The molecule has 2 atom stereocenters. The van der Waals surface area contributed by atoms with Gasteiger partial charge in [-0.2, -0.15) is 0 Å². The number of aliphatic carboxylic acids is 1. The molecule has 4 nitrogen and oxygen atoms in total.